The van der Waals surface area contributed by atoms with Gasteiger partial charge in [-0.1, -0.05) is 30.3 Å². The second-order valence-electron chi connectivity index (χ2n) is 6.99. The van der Waals surface area contributed by atoms with Gasteiger partial charge in [-0.25, -0.2) is 0 Å². The molecule has 128 valence electrons. The Balaban J connectivity index is 1.67. The standard InChI is InChI=1S/C20H18O5/c21-13-10-14(22)19(23)18-12(13)6-3-9-20(18)24-15-7-1-4-11-5-2-8-16(25-20)17(11)15/h1-2,4-8,14,18-19,22-23H,3,9-10H2/t14-,18+,19-/m0/s1. The minimum atomic E-state index is -1.18. The largest absolute Gasteiger partial charge is 0.451 e. The smallest absolute Gasteiger partial charge is 0.261 e. The Morgan fingerprint density at radius 1 is 1.04 bits per heavy atom. The lowest BCUT2D eigenvalue weighted by Gasteiger charge is -2.49. The topological polar surface area (TPSA) is 76.0 Å². The molecule has 2 aliphatic carbocycles. The minimum Gasteiger partial charge on any atom is -0.451 e. The maximum absolute atomic E-state index is 12.4. The molecule has 3 aliphatic rings. The molecule has 0 amide bonds. The third-order valence-electron chi connectivity index (χ3n) is 5.51. The van der Waals surface area contributed by atoms with Crippen LogP contribution in [-0.2, 0) is 4.79 Å². The van der Waals surface area contributed by atoms with Crippen LogP contribution in [0.1, 0.15) is 19.3 Å². The molecule has 1 spiro atoms. The lowest BCUT2D eigenvalue weighted by molar-refractivity contribution is -0.201. The van der Waals surface area contributed by atoms with Crippen molar-refractivity contribution in [1.82, 2.24) is 0 Å². The van der Waals surface area contributed by atoms with Gasteiger partial charge in [-0.3, -0.25) is 4.79 Å². The molecule has 0 bridgehead atoms. The first-order chi connectivity index (χ1) is 12.1. The Hall–Kier alpha value is -2.37. The molecule has 2 aromatic rings. The number of Topliss-reactive ketones (excluding diaryl/α,β-unsaturated/α-hetero) is 1. The van der Waals surface area contributed by atoms with Gasteiger partial charge in [-0.05, 0) is 23.9 Å². The average Bonchev–Trinajstić information content (AvgIpc) is 2.60. The highest BCUT2D eigenvalue weighted by Gasteiger charge is 2.57. The van der Waals surface area contributed by atoms with Crippen LogP contribution < -0.4 is 9.47 Å². The van der Waals surface area contributed by atoms with Gasteiger partial charge < -0.3 is 19.7 Å². The van der Waals surface area contributed by atoms with E-state index in [9.17, 15) is 15.0 Å². The van der Waals surface area contributed by atoms with Crippen LogP contribution in [0.3, 0.4) is 0 Å². The van der Waals surface area contributed by atoms with Gasteiger partial charge in [-0.2, -0.15) is 0 Å². The minimum absolute atomic E-state index is 0.0637. The fourth-order valence-corrected chi connectivity index (χ4v) is 4.40. The van der Waals surface area contributed by atoms with Crippen molar-refractivity contribution in [3.63, 3.8) is 0 Å². The third kappa shape index (κ3) is 2.00. The number of aliphatic hydroxyl groups is 2. The Labute approximate surface area is 144 Å². The fraction of sp³-hybridized carbons (Fsp3) is 0.350. The van der Waals surface area contributed by atoms with Crippen molar-refractivity contribution in [1.29, 1.82) is 0 Å². The predicted octanol–water partition coefficient (Wildman–Crippen LogP) is 2.34. The maximum atomic E-state index is 12.4. The Kier molecular flexibility index (Phi) is 3.03. The van der Waals surface area contributed by atoms with Crippen molar-refractivity contribution < 1.29 is 24.5 Å². The maximum Gasteiger partial charge on any atom is 0.261 e. The van der Waals surface area contributed by atoms with Crippen molar-refractivity contribution in [3.05, 3.63) is 48.0 Å². The summed E-state index contributed by atoms with van der Waals surface area (Å²) < 4.78 is 12.6. The number of hydrogen-bond donors (Lipinski definition) is 2. The van der Waals surface area contributed by atoms with Crippen molar-refractivity contribution >= 4 is 16.6 Å². The number of hydrogen-bond acceptors (Lipinski definition) is 5. The summed E-state index contributed by atoms with van der Waals surface area (Å²) in [5.41, 5.74) is 0.510. The molecule has 3 atom stereocenters. The van der Waals surface area contributed by atoms with Gasteiger partial charge in [0.05, 0.1) is 23.5 Å². The summed E-state index contributed by atoms with van der Waals surface area (Å²) in [5, 5.41) is 22.7. The lowest BCUT2D eigenvalue weighted by Crippen LogP contribution is -2.61. The number of ether oxygens (including phenoxy) is 2. The number of ketones is 1. The Morgan fingerprint density at radius 2 is 1.72 bits per heavy atom. The first kappa shape index (κ1) is 14.9. The summed E-state index contributed by atoms with van der Waals surface area (Å²) in [5.74, 6) is -0.670. The fourth-order valence-electron chi connectivity index (χ4n) is 4.40. The summed E-state index contributed by atoms with van der Waals surface area (Å²) >= 11 is 0. The first-order valence-corrected chi connectivity index (χ1v) is 8.58. The van der Waals surface area contributed by atoms with Crippen LogP contribution in [0.5, 0.6) is 11.5 Å². The van der Waals surface area contributed by atoms with Gasteiger partial charge in [0, 0.05) is 18.4 Å². The lowest BCUT2D eigenvalue weighted by atomic mass is 9.70. The van der Waals surface area contributed by atoms with Crippen molar-refractivity contribution in [3.8, 4) is 11.5 Å². The van der Waals surface area contributed by atoms with E-state index in [0.717, 1.165) is 10.8 Å². The van der Waals surface area contributed by atoms with Crippen LogP contribution in [0.4, 0.5) is 0 Å². The number of allylic oxidation sites excluding steroid dienone is 1. The van der Waals surface area contributed by atoms with E-state index in [1.165, 1.54) is 0 Å². The first-order valence-electron chi connectivity index (χ1n) is 8.58. The number of benzene rings is 2. The second kappa shape index (κ2) is 5.07. The molecule has 1 heterocycles. The third-order valence-corrected chi connectivity index (χ3v) is 5.51. The molecule has 0 unspecified atom stereocenters. The summed E-state index contributed by atoms with van der Waals surface area (Å²) in [6.45, 7) is 0. The van der Waals surface area contributed by atoms with E-state index in [4.69, 9.17) is 9.47 Å². The zero-order chi connectivity index (χ0) is 17.2. The summed E-state index contributed by atoms with van der Waals surface area (Å²) in [6, 6.07) is 11.6. The highest BCUT2D eigenvalue weighted by Crippen LogP contribution is 2.50. The van der Waals surface area contributed by atoms with Crippen LogP contribution in [0.25, 0.3) is 10.8 Å². The zero-order valence-corrected chi connectivity index (χ0v) is 13.5. The molecule has 1 saturated carbocycles. The van der Waals surface area contributed by atoms with Crippen LogP contribution >= 0.6 is 0 Å². The SMILES string of the molecule is O=C1C[C@H](O)[C@H](O)[C@H]2C1=CCCC21Oc2cccc3cccc(c23)O1. The van der Waals surface area contributed by atoms with Gasteiger partial charge >= 0.3 is 0 Å². The van der Waals surface area contributed by atoms with E-state index < -0.39 is 23.9 Å². The van der Waals surface area contributed by atoms with Gasteiger partial charge in [-0.15, -0.1) is 0 Å². The van der Waals surface area contributed by atoms with Gasteiger partial charge in [0.15, 0.2) is 5.78 Å². The quantitative estimate of drug-likeness (QED) is 0.771. The van der Waals surface area contributed by atoms with Gasteiger partial charge in [0.2, 0.25) is 0 Å². The summed E-state index contributed by atoms with van der Waals surface area (Å²) in [6.07, 6.45) is 0.701. The normalized spacial score (nSPS) is 29.6. The van der Waals surface area contributed by atoms with Crippen molar-refractivity contribution in [2.45, 2.75) is 37.3 Å². The Morgan fingerprint density at radius 3 is 2.40 bits per heavy atom. The van der Waals surface area contributed by atoms with Crippen molar-refractivity contribution in [2.75, 3.05) is 0 Å². The molecule has 2 aromatic carbocycles. The number of rotatable bonds is 0. The van der Waals surface area contributed by atoms with E-state index in [1.807, 2.05) is 42.5 Å². The van der Waals surface area contributed by atoms with E-state index >= 15 is 0 Å². The number of carbonyl (C=O) groups is 1. The molecule has 5 heteroatoms. The monoisotopic (exact) mass is 338 g/mol. The second-order valence-corrected chi connectivity index (χ2v) is 6.99. The molecular formula is C20H18O5. The number of aliphatic hydroxyl groups excluding tert-OH is 2. The molecule has 1 aliphatic heterocycles. The number of fused-ring (bicyclic) bond motifs is 2. The highest BCUT2D eigenvalue weighted by atomic mass is 16.7. The van der Waals surface area contributed by atoms with E-state index in [2.05, 4.69) is 0 Å². The van der Waals surface area contributed by atoms with E-state index in [0.29, 0.717) is 29.9 Å². The number of carbonyl (C=O) groups excluding carboxylic acids is 1. The van der Waals surface area contributed by atoms with Gasteiger partial charge in [0.1, 0.15) is 11.5 Å². The van der Waals surface area contributed by atoms with E-state index in [1.54, 1.807) is 0 Å². The molecule has 0 radical (unpaired) electrons. The molecule has 0 aromatic heterocycles. The van der Waals surface area contributed by atoms with Crippen LogP contribution in [0.2, 0.25) is 0 Å². The molecule has 2 N–H and O–H groups in total. The summed E-state index contributed by atoms with van der Waals surface area (Å²) in [7, 11) is 0. The van der Waals surface area contributed by atoms with Gasteiger partial charge in [0.25, 0.3) is 5.79 Å². The zero-order valence-electron chi connectivity index (χ0n) is 13.5. The van der Waals surface area contributed by atoms with Crippen LogP contribution in [0.15, 0.2) is 48.0 Å². The van der Waals surface area contributed by atoms with E-state index in [-0.39, 0.29) is 12.2 Å². The molecule has 5 rings (SSSR count). The molecule has 1 fully saturated rings. The molecule has 25 heavy (non-hydrogen) atoms. The highest BCUT2D eigenvalue weighted by molar-refractivity contribution is 5.98. The predicted molar refractivity (Wildman–Crippen MR) is 90.4 cm³/mol. The summed E-state index contributed by atoms with van der Waals surface area (Å²) in [4.78, 5) is 12.4. The Bertz CT molecular complexity index is 875. The van der Waals surface area contributed by atoms with Crippen LogP contribution in [-0.4, -0.2) is 34.0 Å². The molecule has 5 nitrogen and oxygen atoms in total. The molecule has 0 saturated heterocycles. The van der Waals surface area contributed by atoms with Crippen LogP contribution in [0, 0.1) is 5.92 Å². The average molecular weight is 338 g/mol. The molecular weight excluding hydrogens is 320 g/mol. The van der Waals surface area contributed by atoms with Crippen molar-refractivity contribution in [2.24, 2.45) is 5.92 Å².